The van der Waals surface area contributed by atoms with Gasteiger partial charge in [-0.05, 0) is 23.3 Å². The zero-order chi connectivity index (χ0) is 16.4. The minimum absolute atomic E-state index is 0.0359. The maximum Gasteiger partial charge on any atom is 0.126 e. The molecule has 4 rings (SSSR count). The SMILES string of the molecule is S=C1c2ccccc2NC(c2ccccc2)N1Cc1ccccc1. The van der Waals surface area contributed by atoms with E-state index in [9.17, 15) is 0 Å². The van der Waals surface area contributed by atoms with E-state index in [1.165, 1.54) is 11.1 Å². The minimum atomic E-state index is 0.0359. The van der Waals surface area contributed by atoms with Crippen LogP contribution in [0.5, 0.6) is 0 Å². The Morgan fingerprint density at radius 3 is 2.17 bits per heavy atom. The van der Waals surface area contributed by atoms with Crippen LogP contribution >= 0.6 is 12.2 Å². The van der Waals surface area contributed by atoms with Crippen molar-refractivity contribution in [3.63, 3.8) is 0 Å². The Hall–Kier alpha value is -2.65. The first-order valence-corrected chi connectivity index (χ1v) is 8.49. The van der Waals surface area contributed by atoms with Crippen molar-refractivity contribution in [2.24, 2.45) is 0 Å². The van der Waals surface area contributed by atoms with Crippen LogP contribution < -0.4 is 5.32 Å². The molecule has 0 fully saturated rings. The van der Waals surface area contributed by atoms with E-state index < -0.39 is 0 Å². The first-order chi connectivity index (χ1) is 11.8. The predicted octanol–water partition coefficient (Wildman–Crippen LogP) is 4.99. The van der Waals surface area contributed by atoms with Crippen LogP contribution in [0.25, 0.3) is 0 Å². The summed E-state index contributed by atoms with van der Waals surface area (Å²) in [6.45, 7) is 0.778. The van der Waals surface area contributed by atoms with Crippen LogP contribution in [0, 0.1) is 0 Å². The summed E-state index contributed by atoms with van der Waals surface area (Å²) in [5, 5.41) is 3.65. The molecule has 118 valence electrons. The predicted molar refractivity (Wildman–Crippen MR) is 103 cm³/mol. The number of anilines is 1. The molecule has 3 aromatic carbocycles. The summed E-state index contributed by atoms with van der Waals surface area (Å²) in [4.78, 5) is 3.16. The lowest BCUT2D eigenvalue weighted by molar-refractivity contribution is 0.339. The van der Waals surface area contributed by atoms with E-state index in [-0.39, 0.29) is 6.17 Å². The van der Waals surface area contributed by atoms with Gasteiger partial charge in [0.05, 0.1) is 0 Å². The summed E-state index contributed by atoms with van der Waals surface area (Å²) in [5.41, 5.74) is 4.66. The summed E-state index contributed by atoms with van der Waals surface area (Å²) in [6, 6.07) is 29.2. The highest BCUT2D eigenvalue weighted by atomic mass is 32.1. The van der Waals surface area contributed by atoms with Gasteiger partial charge < -0.3 is 10.2 Å². The average molecular weight is 330 g/mol. The number of benzene rings is 3. The van der Waals surface area contributed by atoms with Gasteiger partial charge in [-0.1, -0.05) is 85.0 Å². The monoisotopic (exact) mass is 330 g/mol. The maximum absolute atomic E-state index is 5.84. The second kappa shape index (κ2) is 6.46. The van der Waals surface area contributed by atoms with Gasteiger partial charge in [0.2, 0.25) is 0 Å². The molecule has 3 heteroatoms. The molecule has 1 aliphatic rings. The molecule has 24 heavy (non-hydrogen) atoms. The van der Waals surface area contributed by atoms with Crippen molar-refractivity contribution in [2.75, 3.05) is 5.32 Å². The molecule has 0 radical (unpaired) electrons. The number of hydrogen-bond donors (Lipinski definition) is 1. The van der Waals surface area contributed by atoms with Crippen molar-refractivity contribution in [3.05, 3.63) is 102 Å². The quantitative estimate of drug-likeness (QED) is 0.681. The van der Waals surface area contributed by atoms with E-state index in [1.807, 2.05) is 24.3 Å². The topological polar surface area (TPSA) is 15.3 Å². The van der Waals surface area contributed by atoms with Crippen LogP contribution in [0.15, 0.2) is 84.9 Å². The summed E-state index contributed by atoms with van der Waals surface area (Å²) < 4.78 is 0. The fourth-order valence-corrected chi connectivity index (χ4v) is 3.48. The zero-order valence-electron chi connectivity index (χ0n) is 13.2. The molecular weight excluding hydrogens is 312 g/mol. The molecular formula is C21H18N2S. The molecule has 0 aromatic heterocycles. The molecule has 0 aliphatic carbocycles. The minimum Gasteiger partial charge on any atom is -0.361 e. The Labute approximate surface area is 147 Å². The third kappa shape index (κ3) is 2.79. The molecule has 1 N–H and O–H groups in total. The van der Waals surface area contributed by atoms with Crippen molar-refractivity contribution in [1.82, 2.24) is 4.90 Å². The van der Waals surface area contributed by atoms with Crippen LogP contribution in [0.4, 0.5) is 5.69 Å². The number of nitrogens with zero attached hydrogens (tertiary/aromatic N) is 1. The van der Waals surface area contributed by atoms with E-state index in [4.69, 9.17) is 12.2 Å². The van der Waals surface area contributed by atoms with Crippen LogP contribution in [-0.4, -0.2) is 9.89 Å². The normalized spacial score (nSPS) is 16.4. The Balaban J connectivity index is 1.76. The van der Waals surface area contributed by atoms with Gasteiger partial charge in [0.1, 0.15) is 11.2 Å². The van der Waals surface area contributed by atoms with Gasteiger partial charge >= 0.3 is 0 Å². The number of thiocarbonyl (C=S) groups is 1. The molecule has 1 aliphatic heterocycles. The highest BCUT2D eigenvalue weighted by molar-refractivity contribution is 7.80. The Morgan fingerprint density at radius 2 is 1.42 bits per heavy atom. The molecule has 0 amide bonds. The summed E-state index contributed by atoms with van der Waals surface area (Å²) in [6.07, 6.45) is 0.0359. The lowest BCUT2D eigenvalue weighted by Crippen LogP contribution is -2.41. The van der Waals surface area contributed by atoms with Crippen molar-refractivity contribution >= 4 is 22.9 Å². The van der Waals surface area contributed by atoms with Crippen molar-refractivity contribution in [1.29, 1.82) is 0 Å². The first kappa shape index (κ1) is 14.9. The van der Waals surface area contributed by atoms with Gasteiger partial charge in [-0.2, -0.15) is 0 Å². The number of rotatable bonds is 3. The smallest absolute Gasteiger partial charge is 0.126 e. The number of fused-ring (bicyclic) bond motifs is 1. The Morgan fingerprint density at radius 1 is 0.792 bits per heavy atom. The summed E-state index contributed by atoms with van der Waals surface area (Å²) in [5.74, 6) is 0. The number of nitrogens with one attached hydrogen (secondary N) is 1. The molecule has 2 nitrogen and oxygen atoms in total. The fraction of sp³-hybridized carbons (Fsp3) is 0.0952. The number of para-hydroxylation sites is 1. The maximum atomic E-state index is 5.84. The largest absolute Gasteiger partial charge is 0.361 e. The lowest BCUT2D eigenvalue weighted by Gasteiger charge is -2.40. The van der Waals surface area contributed by atoms with Gasteiger partial charge in [-0.15, -0.1) is 0 Å². The highest BCUT2D eigenvalue weighted by Gasteiger charge is 2.29. The fourth-order valence-electron chi connectivity index (χ4n) is 3.13. The van der Waals surface area contributed by atoms with Gasteiger partial charge in [0.15, 0.2) is 0 Å². The second-order valence-corrected chi connectivity index (χ2v) is 6.31. The highest BCUT2D eigenvalue weighted by Crippen LogP contribution is 2.34. The standard InChI is InChI=1S/C21H18N2S/c24-21-18-13-7-8-14-19(18)22-20(17-11-5-2-6-12-17)23(21)15-16-9-3-1-4-10-16/h1-14,20,22H,15H2. The summed E-state index contributed by atoms with van der Waals surface area (Å²) in [7, 11) is 0. The van der Waals surface area contributed by atoms with E-state index in [2.05, 4.69) is 70.9 Å². The van der Waals surface area contributed by atoms with E-state index in [0.29, 0.717) is 0 Å². The molecule has 1 atom stereocenters. The first-order valence-electron chi connectivity index (χ1n) is 8.08. The molecule has 3 aromatic rings. The molecule has 0 spiro atoms. The lowest BCUT2D eigenvalue weighted by atomic mass is 10.0. The van der Waals surface area contributed by atoms with Crippen LogP contribution in [0.2, 0.25) is 0 Å². The van der Waals surface area contributed by atoms with Gasteiger partial charge in [0.25, 0.3) is 0 Å². The van der Waals surface area contributed by atoms with Gasteiger partial charge in [0, 0.05) is 17.8 Å². The molecule has 0 saturated carbocycles. The third-order valence-corrected chi connectivity index (χ3v) is 4.79. The van der Waals surface area contributed by atoms with E-state index in [0.717, 1.165) is 22.8 Å². The Bertz CT molecular complexity index is 846. The molecule has 1 unspecified atom stereocenters. The van der Waals surface area contributed by atoms with E-state index >= 15 is 0 Å². The average Bonchev–Trinajstić information content (AvgIpc) is 2.65. The van der Waals surface area contributed by atoms with Crippen molar-refractivity contribution in [3.8, 4) is 0 Å². The molecule has 1 heterocycles. The van der Waals surface area contributed by atoms with E-state index in [1.54, 1.807) is 0 Å². The van der Waals surface area contributed by atoms with Crippen molar-refractivity contribution in [2.45, 2.75) is 12.7 Å². The second-order valence-electron chi connectivity index (χ2n) is 5.92. The van der Waals surface area contributed by atoms with Gasteiger partial charge in [-0.3, -0.25) is 0 Å². The Kier molecular flexibility index (Phi) is 4.01. The van der Waals surface area contributed by atoms with Crippen molar-refractivity contribution < 1.29 is 0 Å². The van der Waals surface area contributed by atoms with Crippen LogP contribution in [0.3, 0.4) is 0 Å². The van der Waals surface area contributed by atoms with Crippen LogP contribution in [-0.2, 0) is 6.54 Å². The summed E-state index contributed by atoms with van der Waals surface area (Å²) >= 11 is 5.84. The molecule has 0 bridgehead atoms. The van der Waals surface area contributed by atoms with Crippen LogP contribution in [0.1, 0.15) is 22.9 Å². The third-order valence-electron chi connectivity index (χ3n) is 4.33. The molecule has 0 saturated heterocycles. The zero-order valence-corrected chi connectivity index (χ0v) is 14.0. The number of hydrogen-bond acceptors (Lipinski definition) is 2. The van der Waals surface area contributed by atoms with Gasteiger partial charge in [-0.25, -0.2) is 0 Å².